The zero-order valence-electron chi connectivity index (χ0n) is 19.0. The Balaban J connectivity index is 1.39. The number of hydrogen-bond donors (Lipinski definition) is 3. The quantitative estimate of drug-likeness (QED) is 0.402. The largest absolute Gasteiger partial charge is 0.391 e. The predicted molar refractivity (Wildman–Crippen MR) is 133 cm³/mol. The third kappa shape index (κ3) is 4.61. The molecule has 1 amide bonds. The van der Waals surface area contributed by atoms with E-state index in [-0.39, 0.29) is 11.9 Å². The van der Waals surface area contributed by atoms with Crippen LogP contribution in [0.1, 0.15) is 41.6 Å². The average molecular weight is 454 g/mol. The zero-order valence-corrected chi connectivity index (χ0v) is 19.0. The number of aryl methyl sites for hydroxylation is 1. The molecule has 3 N–H and O–H groups in total. The third-order valence-corrected chi connectivity index (χ3v) is 6.37. The molecule has 7 nitrogen and oxygen atoms in total. The molecule has 0 spiro atoms. The fourth-order valence-corrected chi connectivity index (χ4v) is 4.42. The Morgan fingerprint density at radius 2 is 1.91 bits per heavy atom. The summed E-state index contributed by atoms with van der Waals surface area (Å²) >= 11 is 0. The number of carbonyl (C=O) groups excluding carboxylic acids is 1. The van der Waals surface area contributed by atoms with Crippen molar-refractivity contribution in [2.45, 2.75) is 44.8 Å². The molecule has 172 valence electrons. The molecule has 0 unspecified atom stereocenters. The van der Waals surface area contributed by atoms with Gasteiger partial charge in [0.2, 0.25) is 0 Å². The monoisotopic (exact) mass is 453 g/mol. The molecule has 0 aliphatic heterocycles. The number of fused-ring (bicyclic) bond motifs is 1. The van der Waals surface area contributed by atoms with E-state index >= 15 is 0 Å². The van der Waals surface area contributed by atoms with Crippen LogP contribution in [0.4, 0.5) is 11.5 Å². The molecule has 2 aromatic heterocycles. The Hall–Kier alpha value is -3.84. The summed E-state index contributed by atoms with van der Waals surface area (Å²) < 4.78 is 0. The first kappa shape index (κ1) is 22.0. The fraction of sp³-hybridized carbons (Fsp3) is 0.259. The number of amides is 1. The topological polar surface area (TPSA) is 100 Å². The second-order valence-electron chi connectivity index (χ2n) is 8.76. The van der Waals surface area contributed by atoms with Crippen molar-refractivity contribution >= 4 is 28.2 Å². The molecule has 1 fully saturated rings. The standard InChI is InChI=1S/C27H27N5O2/c1-17-10-11-18(27(34)31-22-8-4-5-9-24(22)33)14-23(17)30-25-12-13-29-26(32-25)21-16-28-15-19-6-2-3-7-20(19)21/h2-3,6-7,10-16,22,24,33H,4-5,8-9H2,1H3,(H,31,34)(H,29,30,32)/t22-,24-/m0/s1. The van der Waals surface area contributed by atoms with E-state index in [2.05, 4.69) is 20.6 Å². The van der Waals surface area contributed by atoms with Gasteiger partial charge in [0.1, 0.15) is 5.82 Å². The Kier molecular flexibility index (Phi) is 6.18. The first-order valence-electron chi connectivity index (χ1n) is 11.6. The molecule has 1 aliphatic carbocycles. The van der Waals surface area contributed by atoms with Crippen molar-refractivity contribution in [1.29, 1.82) is 0 Å². The molecule has 0 radical (unpaired) electrons. The Morgan fingerprint density at radius 3 is 2.79 bits per heavy atom. The first-order valence-corrected chi connectivity index (χ1v) is 11.6. The Morgan fingerprint density at radius 1 is 1.06 bits per heavy atom. The van der Waals surface area contributed by atoms with Gasteiger partial charge in [0.25, 0.3) is 5.91 Å². The molecule has 2 atom stereocenters. The lowest BCUT2D eigenvalue weighted by molar-refractivity contribution is 0.0717. The van der Waals surface area contributed by atoms with Crippen LogP contribution in [0.15, 0.2) is 67.1 Å². The molecule has 2 aromatic carbocycles. The van der Waals surface area contributed by atoms with Crippen molar-refractivity contribution in [1.82, 2.24) is 20.3 Å². The van der Waals surface area contributed by atoms with Crippen molar-refractivity contribution < 1.29 is 9.90 Å². The van der Waals surface area contributed by atoms with E-state index < -0.39 is 6.10 Å². The second-order valence-corrected chi connectivity index (χ2v) is 8.76. The van der Waals surface area contributed by atoms with Crippen LogP contribution in [0.2, 0.25) is 0 Å². The van der Waals surface area contributed by atoms with Crippen LogP contribution in [0.25, 0.3) is 22.2 Å². The van der Waals surface area contributed by atoms with Crippen molar-refractivity contribution in [3.63, 3.8) is 0 Å². The SMILES string of the molecule is Cc1ccc(C(=O)N[C@H]2CCCC[C@@H]2O)cc1Nc1ccnc(-c2cncc3ccccc23)n1. The van der Waals surface area contributed by atoms with Crippen molar-refractivity contribution in [3.8, 4) is 11.4 Å². The number of aromatic nitrogens is 3. The molecule has 1 aliphatic rings. The van der Waals surface area contributed by atoms with Crippen molar-refractivity contribution in [3.05, 3.63) is 78.2 Å². The van der Waals surface area contributed by atoms with Gasteiger partial charge in [0.05, 0.1) is 12.1 Å². The van der Waals surface area contributed by atoms with Crippen molar-refractivity contribution in [2.75, 3.05) is 5.32 Å². The lowest BCUT2D eigenvalue weighted by atomic mass is 9.92. The minimum absolute atomic E-state index is 0.181. The van der Waals surface area contributed by atoms with Gasteiger partial charge in [0.15, 0.2) is 5.82 Å². The van der Waals surface area contributed by atoms with Gasteiger partial charge in [-0.3, -0.25) is 9.78 Å². The molecule has 0 bridgehead atoms. The summed E-state index contributed by atoms with van der Waals surface area (Å²) in [5, 5.41) is 18.6. The highest BCUT2D eigenvalue weighted by Crippen LogP contribution is 2.27. The number of carbonyl (C=O) groups is 1. The van der Waals surface area contributed by atoms with Gasteiger partial charge < -0.3 is 15.7 Å². The number of benzene rings is 2. The number of hydrogen-bond acceptors (Lipinski definition) is 6. The fourth-order valence-electron chi connectivity index (χ4n) is 4.42. The minimum atomic E-state index is -0.483. The number of rotatable bonds is 5. The van der Waals surface area contributed by atoms with Gasteiger partial charge in [-0.1, -0.05) is 43.2 Å². The molecule has 7 heteroatoms. The summed E-state index contributed by atoms with van der Waals surface area (Å²) in [6, 6.07) is 15.1. The molecule has 2 heterocycles. The maximum absolute atomic E-state index is 12.9. The normalized spacial score (nSPS) is 17.9. The maximum Gasteiger partial charge on any atom is 0.251 e. The van der Waals surface area contributed by atoms with E-state index in [4.69, 9.17) is 4.98 Å². The van der Waals surface area contributed by atoms with E-state index in [1.165, 1.54) is 0 Å². The summed E-state index contributed by atoms with van der Waals surface area (Å²) in [7, 11) is 0. The summed E-state index contributed by atoms with van der Waals surface area (Å²) in [5.74, 6) is 1.02. The summed E-state index contributed by atoms with van der Waals surface area (Å²) in [5.41, 5.74) is 3.18. The highest BCUT2D eigenvalue weighted by Gasteiger charge is 2.25. The van der Waals surface area contributed by atoms with Crippen LogP contribution in [-0.2, 0) is 0 Å². The van der Waals surface area contributed by atoms with Crippen LogP contribution >= 0.6 is 0 Å². The van der Waals surface area contributed by atoms with Crippen LogP contribution in [0.3, 0.4) is 0 Å². The highest BCUT2D eigenvalue weighted by molar-refractivity contribution is 5.96. The summed E-state index contributed by atoms with van der Waals surface area (Å²) in [4.78, 5) is 26.4. The Labute approximate surface area is 198 Å². The number of anilines is 2. The molecular weight excluding hydrogens is 426 g/mol. The van der Waals surface area contributed by atoms with E-state index in [0.717, 1.165) is 53.3 Å². The molecular formula is C27H27N5O2. The van der Waals surface area contributed by atoms with E-state index in [1.54, 1.807) is 24.5 Å². The molecule has 34 heavy (non-hydrogen) atoms. The Bertz CT molecular complexity index is 1330. The number of aliphatic hydroxyl groups is 1. The van der Waals surface area contributed by atoms with E-state index in [0.29, 0.717) is 17.2 Å². The maximum atomic E-state index is 12.9. The lowest BCUT2D eigenvalue weighted by Gasteiger charge is -2.28. The van der Waals surface area contributed by atoms with E-state index in [1.807, 2.05) is 49.5 Å². The number of aliphatic hydroxyl groups excluding tert-OH is 1. The smallest absolute Gasteiger partial charge is 0.251 e. The molecule has 1 saturated carbocycles. The number of pyridine rings is 1. The predicted octanol–water partition coefficient (Wildman–Crippen LogP) is 4.78. The van der Waals surface area contributed by atoms with Gasteiger partial charge in [0, 0.05) is 40.8 Å². The minimum Gasteiger partial charge on any atom is -0.391 e. The zero-order chi connectivity index (χ0) is 23.5. The highest BCUT2D eigenvalue weighted by atomic mass is 16.3. The summed E-state index contributed by atoms with van der Waals surface area (Å²) in [6.45, 7) is 1.98. The van der Waals surface area contributed by atoms with Gasteiger partial charge in [-0.2, -0.15) is 0 Å². The van der Waals surface area contributed by atoms with Gasteiger partial charge in [-0.25, -0.2) is 9.97 Å². The van der Waals surface area contributed by atoms with Crippen LogP contribution in [0, 0.1) is 6.92 Å². The van der Waals surface area contributed by atoms with Gasteiger partial charge in [-0.05, 0) is 48.9 Å². The first-order chi connectivity index (χ1) is 16.6. The van der Waals surface area contributed by atoms with Crippen molar-refractivity contribution in [2.24, 2.45) is 0 Å². The van der Waals surface area contributed by atoms with Crippen LogP contribution < -0.4 is 10.6 Å². The van der Waals surface area contributed by atoms with E-state index in [9.17, 15) is 9.90 Å². The third-order valence-electron chi connectivity index (χ3n) is 6.37. The summed E-state index contributed by atoms with van der Waals surface area (Å²) in [6.07, 6.45) is 8.38. The van der Waals surface area contributed by atoms with Crippen LogP contribution in [-0.4, -0.2) is 38.1 Å². The lowest BCUT2D eigenvalue weighted by Crippen LogP contribution is -2.45. The molecule has 5 rings (SSSR count). The number of nitrogens with zero attached hydrogens (tertiary/aromatic N) is 3. The van der Waals surface area contributed by atoms with Crippen LogP contribution in [0.5, 0.6) is 0 Å². The number of nitrogens with one attached hydrogen (secondary N) is 2. The molecule has 0 saturated heterocycles. The second kappa shape index (κ2) is 9.57. The average Bonchev–Trinajstić information content (AvgIpc) is 2.86. The van der Waals surface area contributed by atoms with Gasteiger partial charge >= 0.3 is 0 Å². The molecule has 4 aromatic rings. The van der Waals surface area contributed by atoms with Gasteiger partial charge in [-0.15, -0.1) is 0 Å².